The molecule has 4 heterocycles. The van der Waals surface area contributed by atoms with Crippen LogP contribution in [0.4, 0.5) is 0 Å². The number of Topliss-reactive ketones (excluding diaryl/α,β-unsaturated/α-hetero) is 1. The summed E-state index contributed by atoms with van der Waals surface area (Å²) in [5.74, 6) is -3.76. The fourth-order valence-corrected chi connectivity index (χ4v) is 12.7. The molecule has 1 N–H and O–H groups in total. The second-order valence-electron chi connectivity index (χ2n) is 13.0. The SMILES string of the molecule is C=CCOC(=O)C(N1C(=O)C(C(C)O)C1C(C)C(=O)c1cn2cnc(C(=O)c3cccnc3)c2s1)=P(c1ccccc1)(c1ccccc1)c1ccccc1. The van der Waals surface area contributed by atoms with Gasteiger partial charge in [-0.2, -0.15) is 0 Å². The van der Waals surface area contributed by atoms with Crippen molar-refractivity contribution < 1.29 is 29.0 Å². The van der Waals surface area contributed by atoms with Gasteiger partial charge in [-0.15, -0.1) is 11.3 Å². The van der Waals surface area contributed by atoms with Crippen LogP contribution in [0.25, 0.3) is 4.83 Å². The maximum atomic E-state index is 14.8. The minimum atomic E-state index is -3.25. The number of likely N-dealkylation sites (tertiary alicyclic amines) is 1. The average molecular weight is 757 g/mol. The van der Waals surface area contributed by atoms with Crippen molar-refractivity contribution in [1.82, 2.24) is 19.3 Å². The lowest BCUT2D eigenvalue weighted by atomic mass is 9.75. The van der Waals surface area contributed by atoms with Gasteiger partial charge in [-0.05, 0) is 35.0 Å². The van der Waals surface area contributed by atoms with Crippen molar-refractivity contribution in [3.8, 4) is 0 Å². The van der Waals surface area contributed by atoms with Crippen molar-refractivity contribution in [3.63, 3.8) is 0 Å². The summed E-state index contributed by atoms with van der Waals surface area (Å²) in [5.41, 5.74) is 0.655. The van der Waals surface area contributed by atoms with Gasteiger partial charge in [0.2, 0.25) is 11.7 Å². The summed E-state index contributed by atoms with van der Waals surface area (Å²) >= 11 is 1.12. The molecule has 0 radical (unpaired) electrons. The molecule has 0 bridgehead atoms. The number of ketones is 2. The van der Waals surface area contributed by atoms with Gasteiger partial charge >= 0.3 is 5.97 Å². The number of aliphatic hydroxyl groups is 1. The van der Waals surface area contributed by atoms with E-state index in [-0.39, 0.29) is 29.3 Å². The zero-order valence-electron chi connectivity index (χ0n) is 29.6. The Morgan fingerprint density at radius 2 is 1.52 bits per heavy atom. The Bertz CT molecular complexity index is 2310. The van der Waals surface area contributed by atoms with Gasteiger partial charge in [-0.3, -0.25) is 23.8 Å². The maximum Gasteiger partial charge on any atom is 0.356 e. The van der Waals surface area contributed by atoms with E-state index < -0.39 is 42.7 Å². The third-order valence-electron chi connectivity index (χ3n) is 9.72. The lowest BCUT2D eigenvalue weighted by molar-refractivity contribution is -0.159. The van der Waals surface area contributed by atoms with E-state index in [1.54, 1.807) is 35.9 Å². The molecule has 10 nitrogen and oxygen atoms in total. The predicted molar refractivity (Wildman–Crippen MR) is 211 cm³/mol. The van der Waals surface area contributed by atoms with Crippen molar-refractivity contribution in [2.24, 2.45) is 11.8 Å². The number of carbonyl (C=O) groups is 4. The van der Waals surface area contributed by atoms with Gasteiger partial charge < -0.3 is 14.7 Å². The Hall–Kier alpha value is -5.74. The number of hydrogen-bond donors (Lipinski definition) is 1. The second-order valence-corrected chi connectivity index (χ2v) is 17.3. The molecule has 12 heteroatoms. The topological polar surface area (TPSA) is 131 Å². The van der Waals surface area contributed by atoms with Crippen LogP contribution in [-0.4, -0.2) is 72.0 Å². The number of β-lactam (4-membered cyclic amide) rings is 1. The summed E-state index contributed by atoms with van der Waals surface area (Å²) in [5, 5.41) is 13.5. The second kappa shape index (κ2) is 15.3. The first-order chi connectivity index (χ1) is 26.2. The van der Waals surface area contributed by atoms with E-state index in [2.05, 4.69) is 16.5 Å². The van der Waals surface area contributed by atoms with Crippen molar-refractivity contribution >= 4 is 67.8 Å². The molecular formula is C42H37N4O6PS. The number of carbonyl (C=O) groups excluding carboxylic acids is 4. The van der Waals surface area contributed by atoms with E-state index >= 15 is 0 Å². The summed E-state index contributed by atoms with van der Waals surface area (Å²) in [6, 6.07) is 31.1. The monoisotopic (exact) mass is 756 g/mol. The summed E-state index contributed by atoms with van der Waals surface area (Å²) in [6.07, 6.45) is 6.46. The van der Waals surface area contributed by atoms with E-state index in [1.807, 2.05) is 91.0 Å². The Morgan fingerprint density at radius 3 is 2.04 bits per heavy atom. The Morgan fingerprint density at radius 1 is 0.926 bits per heavy atom. The molecule has 1 aliphatic rings. The molecule has 0 saturated carbocycles. The number of benzene rings is 3. The fraction of sp³-hybridized carbons (Fsp3) is 0.167. The fourth-order valence-electron chi connectivity index (χ4n) is 7.25. The number of pyridine rings is 1. The standard InChI is InChI=1S/C42H37N4O6PS/c1-4-23-52-42(51)40(53(30-16-8-5-9-17-30,31-18-10-6-11-19-31)32-20-12-7-13-21-32)46-36(34(28(3)47)39(46)50)27(2)37(48)33-25-45-26-44-35(41(45)54-33)38(49)29-15-14-22-43-24-29/h4-22,24-28,34,36,47H,1,23H2,2-3H3. The van der Waals surface area contributed by atoms with E-state index in [4.69, 9.17) is 4.74 Å². The van der Waals surface area contributed by atoms with Crippen LogP contribution < -0.4 is 15.9 Å². The van der Waals surface area contributed by atoms with Gasteiger partial charge in [-0.25, -0.2) is 9.78 Å². The predicted octanol–water partition coefficient (Wildman–Crippen LogP) is 4.90. The van der Waals surface area contributed by atoms with Gasteiger partial charge in [0.25, 0.3) is 0 Å². The van der Waals surface area contributed by atoms with Gasteiger partial charge in [0.05, 0.1) is 22.9 Å². The highest BCUT2D eigenvalue weighted by Crippen LogP contribution is 2.50. The number of aliphatic hydroxyl groups excluding tert-OH is 1. The molecule has 54 heavy (non-hydrogen) atoms. The molecule has 1 saturated heterocycles. The highest BCUT2D eigenvalue weighted by Gasteiger charge is 2.58. The quantitative estimate of drug-likeness (QED) is 0.0580. The van der Waals surface area contributed by atoms with Crippen LogP contribution >= 0.6 is 18.2 Å². The first-order valence-corrected chi connectivity index (χ1v) is 20.0. The summed E-state index contributed by atoms with van der Waals surface area (Å²) in [6.45, 7) is 3.60. The number of thiazole rings is 1. The van der Waals surface area contributed by atoms with Crippen LogP contribution in [-0.2, 0) is 14.3 Å². The molecule has 7 rings (SSSR count). The summed E-state index contributed by atoms with van der Waals surface area (Å²) in [7, 11) is 0. The summed E-state index contributed by atoms with van der Waals surface area (Å²) in [4.78, 5) is 67.8. The summed E-state index contributed by atoms with van der Waals surface area (Å²) < 4.78 is 7.48. The van der Waals surface area contributed by atoms with Crippen molar-refractivity contribution in [1.29, 1.82) is 0 Å². The number of amides is 1. The first-order valence-electron chi connectivity index (χ1n) is 17.4. The number of rotatable bonds is 13. The molecule has 1 amide bonds. The third-order valence-corrected chi connectivity index (χ3v) is 15.1. The highest BCUT2D eigenvalue weighted by molar-refractivity contribution is 7.96. The number of fused-ring (bicyclic) bond motifs is 1. The van der Waals surface area contributed by atoms with Gasteiger partial charge in [-0.1, -0.05) is 111 Å². The smallest absolute Gasteiger partial charge is 0.356 e. The number of hydrogen-bond acceptors (Lipinski definition) is 9. The number of nitrogens with zero attached hydrogens (tertiary/aromatic N) is 4. The Kier molecular flexibility index (Phi) is 10.4. The number of imidazole rings is 1. The number of aromatic nitrogens is 3. The molecule has 4 unspecified atom stereocenters. The zero-order valence-corrected chi connectivity index (χ0v) is 31.3. The number of ether oxygens (including phenoxy) is 1. The number of esters is 1. The molecule has 1 aliphatic heterocycles. The van der Waals surface area contributed by atoms with Gasteiger partial charge in [0, 0.05) is 37.0 Å². The van der Waals surface area contributed by atoms with Crippen molar-refractivity contribution in [3.05, 3.63) is 157 Å². The minimum Gasteiger partial charge on any atom is -0.457 e. The molecule has 272 valence electrons. The molecule has 0 spiro atoms. The minimum absolute atomic E-state index is 0.104. The van der Waals surface area contributed by atoms with Crippen LogP contribution in [0.2, 0.25) is 0 Å². The Labute approximate surface area is 316 Å². The van der Waals surface area contributed by atoms with E-state index in [0.29, 0.717) is 15.3 Å². The largest absolute Gasteiger partial charge is 0.457 e. The molecule has 4 atom stereocenters. The maximum absolute atomic E-state index is 14.8. The molecule has 0 aliphatic carbocycles. The van der Waals surface area contributed by atoms with E-state index in [0.717, 1.165) is 27.3 Å². The van der Waals surface area contributed by atoms with Crippen LogP contribution in [0.5, 0.6) is 0 Å². The lowest BCUT2D eigenvalue weighted by Crippen LogP contribution is -2.70. The third kappa shape index (κ3) is 6.24. The molecule has 3 aromatic carbocycles. The Balaban J connectivity index is 1.43. The average Bonchev–Trinajstić information content (AvgIpc) is 3.81. The van der Waals surface area contributed by atoms with Crippen LogP contribution in [0.15, 0.2) is 141 Å². The van der Waals surface area contributed by atoms with Crippen molar-refractivity contribution in [2.45, 2.75) is 26.0 Å². The van der Waals surface area contributed by atoms with Crippen LogP contribution in [0.3, 0.4) is 0 Å². The zero-order chi connectivity index (χ0) is 38.0. The van der Waals surface area contributed by atoms with Crippen LogP contribution in [0.1, 0.15) is 39.6 Å². The van der Waals surface area contributed by atoms with Gasteiger partial charge in [0.15, 0.2) is 5.78 Å². The molecule has 3 aromatic heterocycles. The first kappa shape index (κ1) is 36.6. The van der Waals surface area contributed by atoms with E-state index in [1.165, 1.54) is 30.4 Å². The highest BCUT2D eigenvalue weighted by atomic mass is 32.1. The normalized spacial score (nSPS) is 16.6. The molecule has 6 aromatic rings. The van der Waals surface area contributed by atoms with Crippen LogP contribution in [0, 0.1) is 11.8 Å². The molecule has 1 fully saturated rings. The lowest BCUT2D eigenvalue weighted by Gasteiger charge is -2.52. The van der Waals surface area contributed by atoms with E-state index in [9.17, 15) is 24.3 Å². The van der Waals surface area contributed by atoms with Crippen molar-refractivity contribution in [2.75, 3.05) is 6.61 Å². The van der Waals surface area contributed by atoms with Gasteiger partial charge in [0.1, 0.15) is 28.9 Å². The molecular weight excluding hydrogens is 720 g/mol.